The van der Waals surface area contributed by atoms with E-state index in [9.17, 15) is 4.79 Å². The maximum absolute atomic E-state index is 11.9. The van der Waals surface area contributed by atoms with E-state index in [1.165, 1.54) is 6.07 Å². The number of carbonyl (C=O) groups excluding carboxylic acids is 1. The Hall–Kier alpha value is -2.66. The molecule has 0 bridgehead atoms. The largest absolute Gasteiger partial charge is 0.452 e. The monoisotopic (exact) mass is 328 g/mol. The number of aromatic nitrogens is 2. The number of benzene rings is 2. The smallest absolute Gasteiger partial charge is 0.338 e. The average Bonchev–Trinajstić information content (AvgIpc) is 3.01. The third-order valence-corrected chi connectivity index (χ3v) is 3.35. The van der Waals surface area contributed by atoms with Gasteiger partial charge in [0.2, 0.25) is 5.89 Å². The van der Waals surface area contributed by atoms with Gasteiger partial charge in [0.05, 0.1) is 5.56 Å². The Morgan fingerprint density at radius 2 is 2.00 bits per heavy atom. The summed E-state index contributed by atoms with van der Waals surface area (Å²) in [6.07, 6.45) is 0. The van der Waals surface area contributed by atoms with Gasteiger partial charge in [-0.3, -0.25) is 0 Å². The van der Waals surface area contributed by atoms with Crippen molar-refractivity contribution in [2.45, 2.75) is 13.5 Å². The molecule has 0 fully saturated rings. The molecular formula is C17H13ClN2O3. The molecule has 0 amide bonds. The molecular weight excluding hydrogens is 316 g/mol. The topological polar surface area (TPSA) is 65.2 Å². The van der Waals surface area contributed by atoms with Crippen molar-refractivity contribution in [3.05, 3.63) is 70.6 Å². The second-order valence-electron chi connectivity index (χ2n) is 4.96. The molecule has 0 saturated heterocycles. The summed E-state index contributed by atoms with van der Waals surface area (Å²) < 4.78 is 10.7. The number of hydrogen-bond donors (Lipinski definition) is 0. The van der Waals surface area contributed by atoms with Gasteiger partial charge in [0.15, 0.2) is 6.61 Å². The lowest BCUT2D eigenvalue weighted by molar-refractivity contribution is 0.0438. The molecule has 3 rings (SSSR count). The molecule has 116 valence electrons. The van der Waals surface area contributed by atoms with E-state index in [4.69, 9.17) is 20.8 Å². The molecule has 1 heterocycles. The Bertz CT molecular complexity index is 845. The Balaban J connectivity index is 1.67. The van der Waals surface area contributed by atoms with E-state index in [-0.39, 0.29) is 12.5 Å². The summed E-state index contributed by atoms with van der Waals surface area (Å²) in [6, 6.07) is 14.2. The molecule has 0 N–H and O–H groups in total. The Labute approximate surface area is 137 Å². The summed E-state index contributed by atoms with van der Waals surface area (Å²) in [5, 5.41) is 8.32. The Kier molecular flexibility index (Phi) is 4.39. The number of halogens is 1. The summed E-state index contributed by atoms with van der Waals surface area (Å²) in [5.74, 6) is 0.127. The van der Waals surface area contributed by atoms with E-state index in [0.717, 1.165) is 11.1 Å². The van der Waals surface area contributed by atoms with Crippen molar-refractivity contribution < 1.29 is 13.9 Å². The fourth-order valence-electron chi connectivity index (χ4n) is 2.03. The van der Waals surface area contributed by atoms with Crippen molar-refractivity contribution in [3.63, 3.8) is 0 Å². The van der Waals surface area contributed by atoms with Gasteiger partial charge in [-0.05, 0) is 37.3 Å². The molecule has 2 aromatic carbocycles. The maximum atomic E-state index is 11.9. The van der Waals surface area contributed by atoms with E-state index in [1.807, 2.05) is 31.2 Å². The van der Waals surface area contributed by atoms with Crippen molar-refractivity contribution in [3.8, 4) is 11.5 Å². The van der Waals surface area contributed by atoms with E-state index < -0.39 is 5.97 Å². The van der Waals surface area contributed by atoms with Crippen molar-refractivity contribution in [2.75, 3.05) is 0 Å². The minimum atomic E-state index is -0.497. The summed E-state index contributed by atoms with van der Waals surface area (Å²) >= 11 is 5.84. The van der Waals surface area contributed by atoms with Crippen LogP contribution in [0.4, 0.5) is 0 Å². The first kappa shape index (κ1) is 15.2. The molecule has 5 nitrogen and oxygen atoms in total. The van der Waals surface area contributed by atoms with Crippen LogP contribution in [0.3, 0.4) is 0 Å². The summed E-state index contributed by atoms with van der Waals surface area (Å²) in [5.41, 5.74) is 2.29. The van der Waals surface area contributed by atoms with E-state index in [2.05, 4.69) is 10.2 Å². The molecule has 1 aromatic heterocycles. The number of ether oxygens (including phenoxy) is 1. The lowest BCUT2D eigenvalue weighted by Crippen LogP contribution is -2.05. The highest BCUT2D eigenvalue weighted by Gasteiger charge is 2.12. The third-order valence-electron chi connectivity index (χ3n) is 3.12. The lowest BCUT2D eigenvalue weighted by atomic mass is 10.1. The van der Waals surface area contributed by atoms with Crippen molar-refractivity contribution in [2.24, 2.45) is 0 Å². The standard InChI is InChI=1S/C17H13ClN2O3/c1-11-4-2-5-12(8-11)16-20-19-15(23-16)10-22-17(21)13-6-3-7-14(18)9-13/h2-9H,10H2,1H3. The minimum Gasteiger partial charge on any atom is -0.452 e. The quantitative estimate of drug-likeness (QED) is 0.676. The predicted molar refractivity (Wildman–Crippen MR) is 85.0 cm³/mol. The zero-order valence-corrected chi connectivity index (χ0v) is 13.1. The molecule has 0 saturated carbocycles. The van der Waals surface area contributed by atoms with Gasteiger partial charge in [-0.25, -0.2) is 4.79 Å². The second kappa shape index (κ2) is 6.62. The zero-order chi connectivity index (χ0) is 16.2. The molecule has 0 aliphatic carbocycles. The second-order valence-corrected chi connectivity index (χ2v) is 5.39. The van der Waals surface area contributed by atoms with Crippen LogP contribution in [0.25, 0.3) is 11.5 Å². The van der Waals surface area contributed by atoms with Crippen LogP contribution in [0.2, 0.25) is 5.02 Å². The van der Waals surface area contributed by atoms with Gasteiger partial charge >= 0.3 is 5.97 Å². The number of carbonyl (C=O) groups is 1. The first-order chi connectivity index (χ1) is 11.1. The van der Waals surface area contributed by atoms with Gasteiger partial charge in [-0.2, -0.15) is 0 Å². The summed E-state index contributed by atoms with van der Waals surface area (Å²) in [6.45, 7) is 1.89. The highest BCUT2D eigenvalue weighted by Crippen LogP contribution is 2.19. The molecule has 6 heteroatoms. The molecule has 0 unspecified atom stereocenters. The van der Waals surface area contributed by atoms with Gasteiger partial charge in [0.1, 0.15) is 0 Å². The number of nitrogens with zero attached hydrogens (tertiary/aromatic N) is 2. The number of esters is 1. The number of aryl methyl sites for hydroxylation is 1. The molecule has 3 aromatic rings. The maximum Gasteiger partial charge on any atom is 0.338 e. The van der Waals surface area contributed by atoms with Crippen molar-refractivity contribution in [1.29, 1.82) is 0 Å². The average molecular weight is 329 g/mol. The van der Waals surface area contributed by atoms with Crippen LogP contribution in [0.1, 0.15) is 21.8 Å². The summed E-state index contributed by atoms with van der Waals surface area (Å²) in [4.78, 5) is 11.9. The molecule has 0 aliphatic rings. The van der Waals surface area contributed by atoms with Gasteiger partial charge in [0.25, 0.3) is 5.89 Å². The van der Waals surface area contributed by atoms with E-state index in [1.54, 1.807) is 18.2 Å². The van der Waals surface area contributed by atoms with Crippen molar-refractivity contribution >= 4 is 17.6 Å². The van der Waals surface area contributed by atoms with Crippen molar-refractivity contribution in [1.82, 2.24) is 10.2 Å². The van der Waals surface area contributed by atoms with Gasteiger partial charge < -0.3 is 9.15 Å². The Morgan fingerprint density at radius 1 is 1.17 bits per heavy atom. The number of hydrogen-bond acceptors (Lipinski definition) is 5. The third kappa shape index (κ3) is 3.76. The SMILES string of the molecule is Cc1cccc(-c2nnc(COC(=O)c3cccc(Cl)c3)o2)c1. The first-order valence-electron chi connectivity index (χ1n) is 6.94. The van der Waals surface area contributed by atoms with Crippen LogP contribution in [-0.4, -0.2) is 16.2 Å². The molecule has 0 aliphatic heterocycles. The van der Waals surface area contributed by atoms with Crippen LogP contribution in [-0.2, 0) is 11.3 Å². The lowest BCUT2D eigenvalue weighted by Gasteiger charge is -2.02. The van der Waals surface area contributed by atoms with Crippen LogP contribution >= 0.6 is 11.6 Å². The molecule has 0 radical (unpaired) electrons. The minimum absolute atomic E-state index is 0.0931. The van der Waals surface area contributed by atoms with E-state index in [0.29, 0.717) is 16.5 Å². The van der Waals surface area contributed by atoms with Crippen LogP contribution in [0.5, 0.6) is 0 Å². The Morgan fingerprint density at radius 3 is 2.78 bits per heavy atom. The van der Waals surface area contributed by atoms with Crippen LogP contribution in [0, 0.1) is 6.92 Å². The number of rotatable bonds is 4. The van der Waals surface area contributed by atoms with Gasteiger partial charge in [-0.1, -0.05) is 35.4 Å². The molecule has 23 heavy (non-hydrogen) atoms. The molecule has 0 atom stereocenters. The highest BCUT2D eigenvalue weighted by atomic mass is 35.5. The summed E-state index contributed by atoms with van der Waals surface area (Å²) in [7, 11) is 0. The van der Waals surface area contributed by atoms with Crippen LogP contribution < -0.4 is 0 Å². The fraction of sp³-hybridized carbons (Fsp3) is 0.118. The van der Waals surface area contributed by atoms with Crippen LogP contribution in [0.15, 0.2) is 52.9 Å². The zero-order valence-electron chi connectivity index (χ0n) is 12.3. The van der Waals surface area contributed by atoms with Gasteiger partial charge in [-0.15, -0.1) is 10.2 Å². The molecule has 0 spiro atoms. The highest BCUT2D eigenvalue weighted by molar-refractivity contribution is 6.30. The first-order valence-corrected chi connectivity index (χ1v) is 7.32. The fourth-order valence-corrected chi connectivity index (χ4v) is 2.22. The normalized spacial score (nSPS) is 10.5. The van der Waals surface area contributed by atoms with Gasteiger partial charge in [0, 0.05) is 10.6 Å². The predicted octanol–water partition coefficient (Wildman–Crippen LogP) is 4.06. The van der Waals surface area contributed by atoms with E-state index >= 15 is 0 Å².